The first-order chi connectivity index (χ1) is 12.6. The van der Waals surface area contributed by atoms with Gasteiger partial charge in [0.2, 0.25) is 0 Å². The Morgan fingerprint density at radius 1 is 1.19 bits per heavy atom. The van der Waals surface area contributed by atoms with Crippen LogP contribution in [0.2, 0.25) is 5.02 Å². The molecule has 0 aliphatic carbocycles. The van der Waals surface area contributed by atoms with Gasteiger partial charge in [0, 0.05) is 54.1 Å². The lowest BCUT2D eigenvalue weighted by Crippen LogP contribution is -2.43. The van der Waals surface area contributed by atoms with Gasteiger partial charge in [0.05, 0.1) is 6.54 Å². The number of hydrogen-bond acceptors (Lipinski definition) is 4. The molecular formula is C21H24ClN3O. The number of piperazine rings is 1. The van der Waals surface area contributed by atoms with Gasteiger partial charge in [-0.05, 0) is 49.4 Å². The van der Waals surface area contributed by atoms with E-state index in [2.05, 4.69) is 51.6 Å². The number of anilines is 1. The molecule has 0 saturated carbocycles. The van der Waals surface area contributed by atoms with Crippen LogP contribution in [0, 0.1) is 11.8 Å². The van der Waals surface area contributed by atoms with E-state index in [-0.39, 0.29) is 11.8 Å². The number of benzene rings is 2. The number of hydrogen-bond donors (Lipinski definition) is 3. The van der Waals surface area contributed by atoms with Gasteiger partial charge >= 0.3 is 0 Å². The predicted octanol–water partition coefficient (Wildman–Crippen LogP) is 3.16. The zero-order valence-electron chi connectivity index (χ0n) is 14.9. The fraction of sp³-hybridized carbons (Fsp3) is 0.333. The smallest absolute Gasteiger partial charge is 0.120 e. The van der Waals surface area contributed by atoms with E-state index in [0.29, 0.717) is 11.6 Å². The highest BCUT2D eigenvalue weighted by atomic mass is 35.5. The average molecular weight is 370 g/mol. The highest BCUT2D eigenvalue weighted by molar-refractivity contribution is 6.30. The van der Waals surface area contributed by atoms with E-state index in [9.17, 15) is 5.11 Å². The molecule has 0 bridgehead atoms. The van der Waals surface area contributed by atoms with Crippen molar-refractivity contribution in [1.82, 2.24) is 10.6 Å². The van der Waals surface area contributed by atoms with E-state index in [1.165, 1.54) is 5.69 Å². The highest BCUT2D eigenvalue weighted by Crippen LogP contribution is 2.26. The lowest BCUT2D eigenvalue weighted by atomic mass is 10.1. The minimum Gasteiger partial charge on any atom is -0.508 e. The highest BCUT2D eigenvalue weighted by Gasteiger charge is 2.10. The summed E-state index contributed by atoms with van der Waals surface area (Å²) in [6.07, 6.45) is 0. The Balaban J connectivity index is 1.54. The van der Waals surface area contributed by atoms with Crippen LogP contribution in [0.3, 0.4) is 0 Å². The zero-order chi connectivity index (χ0) is 18.4. The molecule has 0 radical (unpaired) electrons. The molecule has 1 aliphatic heterocycles. The molecule has 3 N–H and O–H groups in total. The number of rotatable bonds is 4. The van der Waals surface area contributed by atoms with Gasteiger partial charge in [-0.3, -0.25) is 5.32 Å². The van der Waals surface area contributed by atoms with Crippen molar-refractivity contribution in [2.75, 3.05) is 37.6 Å². The molecule has 0 amide bonds. The topological polar surface area (TPSA) is 47.5 Å². The van der Waals surface area contributed by atoms with Gasteiger partial charge in [0.15, 0.2) is 0 Å². The fourth-order valence-electron chi connectivity index (χ4n) is 3.01. The van der Waals surface area contributed by atoms with Crippen molar-refractivity contribution in [3.8, 4) is 17.6 Å². The molecule has 1 heterocycles. The normalized spacial score (nSPS) is 15.2. The first-order valence-electron chi connectivity index (χ1n) is 8.90. The summed E-state index contributed by atoms with van der Waals surface area (Å²) in [6, 6.07) is 13.4. The third-order valence-electron chi connectivity index (χ3n) is 4.53. The minimum absolute atomic E-state index is 0.0295. The molecular weight excluding hydrogens is 346 g/mol. The summed E-state index contributed by atoms with van der Waals surface area (Å²) in [5.41, 5.74) is 3.03. The first-order valence-corrected chi connectivity index (χ1v) is 9.27. The molecule has 1 aliphatic rings. The largest absolute Gasteiger partial charge is 0.508 e. The van der Waals surface area contributed by atoms with Gasteiger partial charge in [-0.15, -0.1) is 0 Å². The van der Waals surface area contributed by atoms with Crippen LogP contribution >= 0.6 is 11.6 Å². The number of nitrogens with zero attached hydrogens (tertiary/aromatic N) is 1. The molecule has 26 heavy (non-hydrogen) atoms. The second kappa shape index (κ2) is 8.95. The molecule has 2 aromatic carbocycles. The lowest BCUT2D eigenvalue weighted by Gasteiger charge is -2.29. The Hall–Kier alpha value is -2.19. The zero-order valence-corrected chi connectivity index (χ0v) is 15.7. The monoisotopic (exact) mass is 369 g/mol. The summed E-state index contributed by atoms with van der Waals surface area (Å²) >= 11 is 6.00. The Kier molecular flexibility index (Phi) is 6.40. The Bertz CT molecular complexity index is 789. The van der Waals surface area contributed by atoms with Crippen molar-refractivity contribution in [1.29, 1.82) is 0 Å². The van der Waals surface area contributed by atoms with Crippen molar-refractivity contribution in [2.45, 2.75) is 13.0 Å². The van der Waals surface area contributed by atoms with Crippen molar-refractivity contribution < 1.29 is 5.11 Å². The Morgan fingerprint density at radius 2 is 1.92 bits per heavy atom. The standard InChI is InChI=1S/C21H24ClN3O/c1-16(20-15-18(22)6-9-21(20)26)24-10-2-3-17-4-7-19(8-5-17)25-13-11-23-12-14-25/h4-9,15-16,23-24,26H,10-14H2,1H3. The Labute approximate surface area is 160 Å². The SMILES string of the molecule is CC(NCC#Cc1ccc(N2CCNCC2)cc1)c1cc(Cl)ccc1O. The number of phenolic OH excluding ortho intramolecular Hbond substituents is 1. The van der Waals surface area contributed by atoms with Crippen LogP contribution in [0.25, 0.3) is 0 Å². The predicted molar refractivity (Wildman–Crippen MR) is 108 cm³/mol. The second-order valence-electron chi connectivity index (χ2n) is 6.39. The van der Waals surface area contributed by atoms with E-state index < -0.39 is 0 Å². The first kappa shape index (κ1) is 18.6. The molecule has 2 aromatic rings. The molecule has 1 unspecified atom stereocenters. The number of halogens is 1. The molecule has 4 nitrogen and oxygen atoms in total. The molecule has 0 spiro atoms. The summed E-state index contributed by atoms with van der Waals surface area (Å²) in [4.78, 5) is 2.38. The molecule has 3 rings (SSSR count). The van der Waals surface area contributed by atoms with Crippen LogP contribution in [0.5, 0.6) is 5.75 Å². The lowest BCUT2D eigenvalue weighted by molar-refractivity contribution is 0.456. The van der Waals surface area contributed by atoms with Crippen LogP contribution in [-0.2, 0) is 0 Å². The van der Waals surface area contributed by atoms with E-state index in [1.807, 2.05) is 6.92 Å². The van der Waals surface area contributed by atoms with E-state index >= 15 is 0 Å². The van der Waals surface area contributed by atoms with Gasteiger partial charge in [-0.2, -0.15) is 0 Å². The third-order valence-corrected chi connectivity index (χ3v) is 4.77. The summed E-state index contributed by atoms with van der Waals surface area (Å²) < 4.78 is 0. The van der Waals surface area contributed by atoms with E-state index in [0.717, 1.165) is 37.3 Å². The van der Waals surface area contributed by atoms with Gasteiger partial charge in [-0.25, -0.2) is 0 Å². The van der Waals surface area contributed by atoms with Crippen molar-refractivity contribution in [3.63, 3.8) is 0 Å². The summed E-state index contributed by atoms with van der Waals surface area (Å²) in [5.74, 6) is 6.55. The maximum Gasteiger partial charge on any atom is 0.120 e. The molecule has 1 fully saturated rings. The maximum absolute atomic E-state index is 9.93. The second-order valence-corrected chi connectivity index (χ2v) is 6.83. The van der Waals surface area contributed by atoms with Crippen LogP contribution in [0.1, 0.15) is 24.1 Å². The number of phenols is 1. The van der Waals surface area contributed by atoms with Crippen LogP contribution in [-0.4, -0.2) is 37.8 Å². The van der Waals surface area contributed by atoms with Gasteiger partial charge in [-0.1, -0.05) is 23.4 Å². The van der Waals surface area contributed by atoms with Crippen LogP contribution < -0.4 is 15.5 Å². The van der Waals surface area contributed by atoms with Gasteiger partial charge in [0.1, 0.15) is 5.75 Å². The molecule has 1 saturated heterocycles. The summed E-state index contributed by atoms with van der Waals surface area (Å²) in [5, 5.41) is 17.2. The van der Waals surface area contributed by atoms with Gasteiger partial charge < -0.3 is 15.3 Å². The van der Waals surface area contributed by atoms with Crippen molar-refractivity contribution in [2.24, 2.45) is 0 Å². The van der Waals surface area contributed by atoms with Crippen LogP contribution in [0.4, 0.5) is 5.69 Å². The minimum atomic E-state index is -0.0295. The summed E-state index contributed by atoms with van der Waals surface area (Å²) in [7, 11) is 0. The summed E-state index contributed by atoms with van der Waals surface area (Å²) in [6.45, 7) is 6.68. The van der Waals surface area contributed by atoms with Crippen molar-refractivity contribution >= 4 is 17.3 Å². The van der Waals surface area contributed by atoms with Gasteiger partial charge in [0.25, 0.3) is 0 Å². The van der Waals surface area contributed by atoms with Crippen LogP contribution in [0.15, 0.2) is 42.5 Å². The molecule has 0 aromatic heterocycles. The maximum atomic E-state index is 9.93. The van der Waals surface area contributed by atoms with Crippen molar-refractivity contribution in [3.05, 3.63) is 58.6 Å². The molecule has 1 atom stereocenters. The van der Waals surface area contributed by atoms with E-state index in [4.69, 9.17) is 11.6 Å². The fourth-order valence-corrected chi connectivity index (χ4v) is 3.19. The average Bonchev–Trinajstić information content (AvgIpc) is 2.68. The third kappa shape index (κ3) is 4.92. The molecule has 136 valence electrons. The Morgan fingerprint density at radius 3 is 2.65 bits per heavy atom. The van der Waals surface area contributed by atoms with E-state index in [1.54, 1.807) is 18.2 Å². The number of aromatic hydroxyl groups is 1. The molecule has 5 heteroatoms. The quantitative estimate of drug-likeness (QED) is 0.724. The number of nitrogens with one attached hydrogen (secondary N) is 2.